The number of piperidine rings is 1. The Kier molecular flexibility index (Phi) is 4.32. The highest BCUT2D eigenvalue weighted by atomic mass is 16.2. The SMILES string of the molecule is CC(C)c1cc(C2CCN(C(=O)c3ccnc(N)c3)CC2)[nH]n1. The molecule has 2 aromatic rings. The minimum atomic E-state index is 0.0324. The number of nitrogens with one attached hydrogen (secondary N) is 1. The van der Waals surface area contributed by atoms with Crippen LogP contribution >= 0.6 is 0 Å². The maximum atomic E-state index is 12.5. The van der Waals surface area contributed by atoms with Crippen LogP contribution in [0.4, 0.5) is 5.82 Å². The number of carbonyl (C=O) groups is 1. The molecule has 0 unspecified atom stereocenters. The van der Waals surface area contributed by atoms with E-state index in [0.717, 1.165) is 31.6 Å². The van der Waals surface area contributed by atoms with Crippen molar-refractivity contribution >= 4 is 11.7 Å². The molecule has 122 valence electrons. The number of nitrogens with two attached hydrogens (primary N) is 1. The van der Waals surface area contributed by atoms with Crippen molar-refractivity contribution in [3.8, 4) is 0 Å². The van der Waals surface area contributed by atoms with E-state index in [1.54, 1.807) is 18.3 Å². The van der Waals surface area contributed by atoms with Gasteiger partial charge in [0, 0.05) is 36.5 Å². The molecule has 6 heteroatoms. The van der Waals surface area contributed by atoms with Crippen molar-refractivity contribution in [2.45, 2.75) is 38.5 Å². The lowest BCUT2D eigenvalue weighted by molar-refractivity contribution is 0.0712. The maximum absolute atomic E-state index is 12.5. The minimum Gasteiger partial charge on any atom is -0.384 e. The average Bonchev–Trinajstić information content (AvgIpc) is 3.04. The third-order valence-electron chi connectivity index (χ3n) is 4.46. The molecule has 2 aromatic heterocycles. The predicted octanol–water partition coefficient (Wildman–Crippen LogP) is 2.53. The first kappa shape index (κ1) is 15.5. The summed E-state index contributed by atoms with van der Waals surface area (Å²) >= 11 is 0. The van der Waals surface area contributed by atoms with Crippen LogP contribution in [0.2, 0.25) is 0 Å². The molecule has 1 saturated heterocycles. The van der Waals surface area contributed by atoms with E-state index in [0.29, 0.717) is 23.2 Å². The van der Waals surface area contributed by atoms with Crippen molar-refractivity contribution in [3.63, 3.8) is 0 Å². The summed E-state index contributed by atoms with van der Waals surface area (Å²) in [5.41, 5.74) is 8.56. The molecule has 0 aliphatic carbocycles. The van der Waals surface area contributed by atoms with E-state index < -0.39 is 0 Å². The number of aromatic amines is 1. The Hall–Kier alpha value is -2.37. The molecule has 0 bridgehead atoms. The van der Waals surface area contributed by atoms with Gasteiger partial charge in [-0.25, -0.2) is 4.98 Å². The molecule has 0 saturated carbocycles. The lowest BCUT2D eigenvalue weighted by atomic mass is 9.92. The van der Waals surface area contributed by atoms with Gasteiger partial charge in [0.1, 0.15) is 5.82 Å². The van der Waals surface area contributed by atoms with E-state index in [2.05, 4.69) is 35.1 Å². The smallest absolute Gasteiger partial charge is 0.254 e. The number of pyridine rings is 1. The minimum absolute atomic E-state index is 0.0324. The van der Waals surface area contributed by atoms with E-state index in [9.17, 15) is 4.79 Å². The number of rotatable bonds is 3. The molecule has 0 spiro atoms. The number of carbonyl (C=O) groups excluding carboxylic acids is 1. The van der Waals surface area contributed by atoms with Gasteiger partial charge in [0.15, 0.2) is 0 Å². The number of anilines is 1. The van der Waals surface area contributed by atoms with Crippen molar-refractivity contribution in [1.29, 1.82) is 0 Å². The highest BCUT2D eigenvalue weighted by molar-refractivity contribution is 5.94. The van der Waals surface area contributed by atoms with Gasteiger partial charge < -0.3 is 10.6 Å². The Morgan fingerprint density at radius 1 is 1.35 bits per heavy atom. The number of likely N-dealkylation sites (tertiary alicyclic amines) is 1. The number of amides is 1. The van der Waals surface area contributed by atoms with Crippen LogP contribution in [0, 0.1) is 0 Å². The topological polar surface area (TPSA) is 87.9 Å². The lowest BCUT2D eigenvalue weighted by Gasteiger charge is -2.31. The fourth-order valence-electron chi connectivity index (χ4n) is 3.02. The van der Waals surface area contributed by atoms with E-state index in [4.69, 9.17) is 5.73 Å². The molecular weight excluding hydrogens is 290 g/mol. The van der Waals surface area contributed by atoms with Crippen LogP contribution in [0.3, 0.4) is 0 Å². The molecule has 0 aromatic carbocycles. The molecule has 3 heterocycles. The number of nitrogens with zero attached hydrogens (tertiary/aromatic N) is 3. The highest BCUT2D eigenvalue weighted by Crippen LogP contribution is 2.29. The summed E-state index contributed by atoms with van der Waals surface area (Å²) in [6.07, 6.45) is 3.48. The summed E-state index contributed by atoms with van der Waals surface area (Å²) in [5.74, 6) is 1.29. The molecule has 1 aliphatic heterocycles. The molecule has 0 atom stereocenters. The van der Waals surface area contributed by atoms with Crippen LogP contribution in [0.5, 0.6) is 0 Å². The first-order valence-electron chi connectivity index (χ1n) is 8.10. The fourth-order valence-corrected chi connectivity index (χ4v) is 3.02. The largest absolute Gasteiger partial charge is 0.384 e. The monoisotopic (exact) mass is 313 g/mol. The second-order valence-electron chi connectivity index (χ2n) is 6.44. The van der Waals surface area contributed by atoms with Crippen LogP contribution < -0.4 is 5.73 Å². The molecule has 3 N–H and O–H groups in total. The second kappa shape index (κ2) is 6.40. The van der Waals surface area contributed by atoms with Crippen LogP contribution in [-0.2, 0) is 0 Å². The van der Waals surface area contributed by atoms with Crippen LogP contribution in [0.1, 0.15) is 60.3 Å². The zero-order valence-electron chi connectivity index (χ0n) is 13.6. The van der Waals surface area contributed by atoms with Crippen LogP contribution in [-0.4, -0.2) is 39.1 Å². The normalized spacial score (nSPS) is 16.0. The Balaban J connectivity index is 1.62. The average molecular weight is 313 g/mol. The lowest BCUT2D eigenvalue weighted by Crippen LogP contribution is -2.38. The summed E-state index contributed by atoms with van der Waals surface area (Å²) in [6, 6.07) is 5.52. The van der Waals surface area contributed by atoms with Gasteiger partial charge in [-0.05, 0) is 37.0 Å². The molecule has 6 nitrogen and oxygen atoms in total. The van der Waals surface area contributed by atoms with Gasteiger partial charge in [-0.1, -0.05) is 13.8 Å². The molecule has 1 aliphatic rings. The van der Waals surface area contributed by atoms with Gasteiger partial charge in [0.05, 0.1) is 5.69 Å². The van der Waals surface area contributed by atoms with Crippen molar-refractivity contribution in [1.82, 2.24) is 20.1 Å². The third-order valence-corrected chi connectivity index (χ3v) is 4.46. The summed E-state index contributed by atoms with van der Waals surface area (Å²) < 4.78 is 0. The first-order chi connectivity index (χ1) is 11.0. The van der Waals surface area contributed by atoms with Crippen molar-refractivity contribution in [2.24, 2.45) is 0 Å². The van der Waals surface area contributed by atoms with E-state index in [-0.39, 0.29) is 5.91 Å². The zero-order chi connectivity index (χ0) is 16.4. The molecular formula is C17H23N5O. The number of H-pyrrole nitrogens is 1. The van der Waals surface area contributed by atoms with E-state index in [1.165, 1.54) is 5.69 Å². The molecule has 1 fully saturated rings. The summed E-state index contributed by atoms with van der Waals surface area (Å²) in [4.78, 5) is 18.3. The molecule has 1 amide bonds. The van der Waals surface area contributed by atoms with Gasteiger partial charge >= 0.3 is 0 Å². The predicted molar refractivity (Wildman–Crippen MR) is 89.2 cm³/mol. The van der Waals surface area contributed by atoms with Gasteiger partial charge in [-0.3, -0.25) is 9.89 Å². The van der Waals surface area contributed by atoms with Gasteiger partial charge in [0.2, 0.25) is 0 Å². The Bertz CT molecular complexity index is 686. The van der Waals surface area contributed by atoms with E-state index in [1.807, 2.05) is 4.90 Å². The second-order valence-corrected chi connectivity index (χ2v) is 6.44. The quantitative estimate of drug-likeness (QED) is 0.911. The third kappa shape index (κ3) is 3.36. The molecule has 23 heavy (non-hydrogen) atoms. The summed E-state index contributed by atoms with van der Waals surface area (Å²) in [6.45, 7) is 5.78. The first-order valence-corrected chi connectivity index (χ1v) is 8.10. The van der Waals surface area contributed by atoms with Crippen molar-refractivity contribution in [3.05, 3.63) is 41.3 Å². The van der Waals surface area contributed by atoms with E-state index >= 15 is 0 Å². The summed E-state index contributed by atoms with van der Waals surface area (Å²) in [7, 11) is 0. The standard InChI is InChI=1S/C17H23N5O/c1-11(2)14-10-15(21-20-14)12-4-7-22(8-5-12)17(23)13-3-6-19-16(18)9-13/h3,6,9-12H,4-5,7-8H2,1-2H3,(H2,18,19)(H,20,21). The maximum Gasteiger partial charge on any atom is 0.254 e. The molecule has 0 radical (unpaired) electrons. The van der Waals surface area contributed by atoms with Gasteiger partial charge in [0.25, 0.3) is 5.91 Å². The van der Waals surface area contributed by atoms with Crippen molar-refractivity contribution in [2.75, 3.05) is 18.8 Å². The fraction of sp³-hybridized carbons (Fsp3) is 0.471. The van der Waals surface area contributed by atoms with Crippen LogP contribution in [0.15, 0.2) is 24.4 Å². The Morgan fingerprint density at radius 3 is 2.70 bits per heavy atom. The molecule has 3 rings (SSSR count). The highest BCUT2D eigenvalue weighted by Gasteiger charge is 2.26. The van der Waals surface area contributed by atoms with Crippen LogP contribution in [0.25, 0.3) is 0 Å². The number of aromatic nitrogens is 3. The Morgan fingerprint density at radius 2 is 2.09 bits per heavy atom. The number of hydrogen-bond donors (Lipinski definition) is 2. The Labute approximate surface area is 136 Å². The number of nitrogen functional groups attached to an aromatic ring is 1. The van der Waals surface area contributed by atoms with Gasteiger partial charge in [-0.15, -0.1) is 0 Å². The van der Waals surface area contributed by atoms with Crippen molar-refractivity contribution < 1.29 is 4.79 Å². The van der Waals surface area contributed by atoms with Gasteiger partial charge in [-0.2, -0.15) is 5.10 Å². The number of hydrogen-bond acceptors (Lipinski definition) is 4. The summed E-state index contributed by atoms with van der Waals surface area (Å²) in [5, 5.41) is 7.54. The zero-order valence-corrected chi connectivity index (χ0v) is 13.6.